The number of aryl methyl sites for hydroxylation is 2. The summed E-state index contributed by atoms with van der Waals surface area (Å²) >= 11 is 0. The predicted molar refractivity (Wildman–Crippen MR) is 190 cm³/mol. The summed E-state index contributed by atoms with van der Waals surface area (Å²) in [4.78, 5) is 0. The first-order chi connectivity index (χ1) is 21.7. The van der Waals surface area contributed by atoms with Crippen LogP contribution in [0.15, 0.2) is 146 Å². The van der Waals surface area contributed by atoms with Gasteiger partial charge in [-0.05, 0) is 102 Å². The van der Waals surface area contributed by atoms with E-state index >= 15 is 0 Å². The SMILES string of the molecule is Cc1cccc(C)c1-c1ccc(-c2c3ccccc3c(-c3ccc(C4=CC=CCN4)cc3)c3ccccc23)c2ccccc12. The van der Waals surface area contributed by atoms with Crippen LogP contribution in [0.2, 0.25) is 0 Å². The summed E-state index contributed by atoms with van der Waals surface area (Å²) in [6, 6.07) is 47.1. The number of nitrogens with one attached hydrogen (secondary N) is 1. The van der Waals surface area contributed by atoms with E-state index in [4.69, 9.17) is 0 Å². The minimum Gasteiger partial charge on any atom is -0.381 e. The highest BCUT2D eigenvalue weighted by Crippen LogP contribution is 2.46. The average molecular weight is 564 g/mol. The molecular weight excluding hydrogens is 530 g/mol. The van der Waals surface area contributed by atoms with Gasteiger partial charge >= 0.3 is 0 Å². The van der Waals surface area contributed by atoms with Gasteiger partial charge in [0.25, 0.3) is 0 Å². The molecule has 0 unspecified atom stereocenters. The van der Waals surface area contributed by atoms with E-state index in [0.29, 0.717) is 0 Å². The second kappa shape index (κ2) is 10.7. The van der Waals surface area contributed by atoms with E-state index in [-0.39, 0.29) is 0 Å². The van der Waals surface area contributed by atoms with Crippen molar-refractivity contribution in [2.75, 3.05) is 6.54 Å². The summed E-state index contributed by atoms with van der Waals surface area (Å²) < 4.78 is 0. The number of fused-ring (bicyclic) bond motifs is 3. The van der Waals surface area contributed by atoms with Crippen LogP contribution in [0.25, 0.3) is 71.4 Å². The summed E-state index contributed by atoms with van der Waals surface area (Å²) in [5.41, 5.74) is 12.7. The normalized spacial score (nSPS) is 12.9. The van der Waals surface area contributed by atoms with E-state index < -0.39 is 0 Å². The fourth-order valence-electron chi connectivity index (χ4n) is 7.18. The third kappa shape index (κ3) is 4.24. The molecule has 0 saturated carbocycles. The quantitative estimate of drug-likeness (QED) is 0.210. The zero-order chi connectivity index (χ0) is 29.6. The van der Waals surface area contributed by atoms with Gasteiger partial charge in [-0.2, -0.15) is 0 Å². The average Bonchev–Trinajstić information content (AvgIpc) is 3.08. The van der Waals surface area contributed by atoms with Crippen molar-refractivity contribution < 1.29 is 0 Å². The third-order valence-electron chi connectivity index (χ3n) is 9.17. The van der Waals surface area contributed by atoms with Gasteiger partial charge in [-0.1, -0.05) is 140 Å². The van der Waals surface area contributed by atoms with Crippen LogP contribution in [0.4, 0.5) is 0 Å². The van der Waals surface area contributed by atoms with Gasteiger partial charge in [0.2, 0.25) is 0 Å². The van der Waals surface area contributed by atoms with E-state index in [2.05, 4.69) is 165 Å². The fraction of sp³-hybridized carbons (Fsp3) is 0.0698. The van der Waals surface area contributed by atoms with Crippen molar-refractivity contribution in [2.24, 2.45) is 0 Å². The molecule has 1 nitrogen and oxygen atoms in total. The summed E-state index contributed by atoms with van der Waals surface area (Å²) in [5, 5.41) is 11.2. The van der Waals surface area contributed by atoms with Crippen LogP contribution >= 0.6 is 0 Å². The molecule has 0 aromatic heterocycles. The van der Waals surface area contributed by atoms with Crippen LogP contribution in [0.3, 0.4) is 0 Å². The molecule has 8 rings (SSSR count). The van der Waals surface area contributed by atoms with Crippen LogP contribution in [-0.4, -0.2) is 6.54 Å². The number of allylic oxidation sites excluding steroid dienone is 2. The lowest BCUT2D eigenvalue weighted by Crippen LogP contribution is -2.14. The molecule has 1 aliphatic heterocycles. The number of rotatable bonds is 4. The highest BCUT2D eigenvalue weighted by Gasteiger charge is 2.19. The lowest BCUT2D eigenvalue weighted by Gasteiger charge is -2.20. The smallest absolute Gasteiger partial charge is 0.0416 e. The van der Waals surface area contributed by atoms with Crippen molar-refractivity contribution in [1.82, 2.24) is 5.32 Å². The summed E-state index contributed by atoms with van der Waals surface area (Å²) in [5.74, 6) is 0. The van der Waals surface area contributed by atoms with Gasteiger partial charge in [0.1, 0.15) is 0 Å². The van der Waals surface area contributed by atoms with Crippen molar-refractivity contribution >= 4 is 38.0 Å². The Balaban J connectivity index is 1.40. The molecule has 0 fully saturated rings. The Kier molecular flexibility index (Phi) is 6.38. The van der Waals surface area contributed by atoms with Crippen molar-refractivity contribution in [3.05, 3.63) is 162 Å². The van der Waals surface area contributed by atoms with E-state index in [1.54, 1.807) is 0 Å². The summed E-state index contributed by atoms with van der Waals surface area (Å²) in [6.07, 6.45) is 6.41. The predicted octanol–water partition coefficient (Wildman–Crippen LogP) is 11.3. The van der Waals surface area contributed by atoms with Crippen LogP contribution in [0.5, 0.6) is 0 Å². The van der Waals surface area contributed by atoms with Gasteiger partial charge in [0.15, 0.2) is 0 Å². The zero-order valence-electron chi connectivity index (χ0n) is 25.1. The zero-order valence-corrected chi connectivity index (χ0v) is 25.1. The van der Waals surface area contributed by atoms with E-state index in [0.717, 1.165) is 6.54 Å². The second-order valence-electron chi connectivity index (χ2n) is 11.8. The van der Waals surface area contributed by atoms with Gasteiger partial charge in [0.05, 0.1) is 0 Å². The van der Waals surface area contributed by atoms with E-state index in [1.807, 2.05) is 0 Å². The Hall–Kier alpha value is -5.40. The van der Waals surface area contributed by atoms with E-state index in [1.165, 1.54) is 88.1 Å². The van der Waals surface area contributed by atoms with Crippen LogP contribution in [-0.2, 0) is 0 Å². The molecule has 7 aromatic rings. The molecule has 0 aliphatic carbocycles. The monoisotopic (exact) mass is 563 g/mol. The van der Waals surface area contributed by atoms with Crippen molar-refractivity contribution in [1.29, 1.82) is 0 Å². The third-order valence-corrected chi connectivity index (χ3v) is 9.17. The molecule has 0 spiro atoms. The lowest BCUT2D eigenvalue weighted by atomic mass is 9.83. The summed E-state index contributed by atoms with van der Waals surface area (Å²) in [7, 11) is 0. The Morgan fingerprint density at radius 1 is 0.432 bits per heavy atom. The van der Waals surface area contributed by atoms with Crippen LogP contribution in [0, 0.1) is 13.8 Å². The van der Waals surface area contributed by atoms with Gasteiger partial charge in [-0.15, -0.1) is 0 Å². The van der Waals surface area contributed by atoms with Crippen molar-refractivity contribution in [2.45, 2.75) is 13.8 Å². The Bertz CT molecular complexity index is 2210. The largest absolute Gasteiger partial charge is 0.381 e. The first-order valence-corrected chi connectivity index (χ1v) is 15.4. The molecule has 210 valence electrons. The maximum absolute atomic E-state index is 3.49. The molecule has 0 bridgehead atoms. The molecular formula is C43H33N. The highest BCUT2D eigenvalue weighted by atomic mass is 14.9. The van der Waals surface area contributed by atoms with Crippen molar-refractivity contribution in [3.63, 3.8) is 0 Å². The second-order valence-corrected chi connectivity index (χ2v) is 11.8. The molecule has 1 heteroatoms. The van der Waals surface area contributed by atoms with Crippen molar-refractivity contribution in [3.8, 4) is 33.4 Å². The molecule has 0 amide bonds. The number of hydrogen-bond donors (Lipinski definition) is 1. The van der Waals surface area contributed by atoms with Crippen LogP contribution in [0.1, 0.15) is 16.7 Å². The first kappa shape index (κ1) is 26.2. The molecule has 7 aromatic carbocycles. The standard InChI is InChI=1S/C43H33N/c1-28-12-11-13-29(2)41(28)38-25-26-39(33-15-4-3-14-32(33)38)43-36-18-7-5-16-34(36)42(35-17-6-8-19-37(35)43)31-23-21-30(22-24-31)40-20-9-10-27-44-40/h3-26,44H,27H2,1-2H3. The van der Waals surface area contributed by atoms with Gasteiger partial charge < -0.3 is 5.32 Å². The molecule has 44 heavy (non-hydrogen) atoms. The van der Waals surface area contributed by atoms with Gasteiger partial charge in [-0.3, -0.25) is 0 Å². The lowest BCUT2D eigenvalue weighted by molar-refractivity contribution is 0.996. The fourth-order valence-corrected chi connectivity index (χ4v) is 7.18. The Labute approximate surface area is 258 Å². The molecule has 0 saturated heterocycles. The van der Waals surface area contributed by atoms with Gasteiger partial charge in [0, 0.05) is 12.2 Å². The van der Waals surface area contributed by atoms with Gasteiger partial charge in [-0.25, -0.2) is 0 Å². The molecule has 1 N–H and O–H groups in total. The molecule has 0 atom stereocenters. The number of benzene rings is 7. The minimum absolute atomic E-state index is 0.866. The first-order valence-electron chi connectivity index (χ1n) is 15.4. The molecule has 1 heterocycles. The Morgan fingerprint density at radius 3 is 1.43 bits per heavy atom. The van der Waals surface area contributed by atoms with E-state index in [9.17, 15) is 0 Å². The molecule has 1 aliphatic rings. The summed E-state index contributed by atoms with van der Waals surface area (Å²) in [6.45, 7) is 5.30. The van der Waals surface area contributed by atoms with Crippen LogP contribution < -0.4 is 5.32 Å². The highest BCUT2D eigenvalue weighted by molar-refractivity contribution is 6.24. The maximum Gasteiger partial charge on any atom is 0.0416 e. The molecule has 0 radical (unpaired) electrons. The maximum atomic E-state index is 3.49. The Morgan fingerprint density at radius 2 is 0.909 bits per heavy atom. The number of hydrogen-bond acceptors (Lipinski definition) is 1. The minimum atomic E-state index is 0.866. The number of dihydropyridines is 1. The topological polar surface area (TPSA) is 12.0 Å².